The van der Waals surface area contributed by atoms with Crippen LogP contribution in [0, 0.1) is 5.82 Å². The number of aliphatic hydroxyl groups is 1. The van der Waals surface area contributed by atoms with Crippen molar-refractivity contribution in [1.29, 1.82) is 0 Å². The molecule has 0 saturated heterocycles. The molecule has 78 valence electrons. The number of halogens is 2. The monoisotopic (exact) mass is 217 g/mol. The number of hydrogen-bond acceptors (Lipinski definition) is 2. The van der Waals surface area contributed by atoms with E-state index in [1.807, 2.05) is 0 Å². The number of hydrogen-bond donors (Lipinski definition) is 2. The quantitative estimate of drug-likeness (QED) is 0.810. The van der Waals surface area contributed by atoms with Gasteiger partial charge in [-0.1, -0.05) is 17.7 Å². The Kier molecular flexibility index (Phi) is 3.48. The molecule has 0 aliphatic heterocycles. The molecule has 0 aliphatic carbocycles. The van der Waals surface area contributed by atoms with Gasteiger partial charge in [0.05, 0.1) is 6.61 Å². The van der Waals surface area contributed by atoms with Crippen molar-refractivity contribution in [3.05, 3.63) is 34.6 Å². The predicted octanol–water partition coefficient (Wildman–Crippen LogP) is 1.73. The third kappa shape index (κ3) is 2.94. The van der Waals surface area contributed by atoms with Crippen molar-refractivity contribution in [2.45, 2.75) is 18.9 Å². The van der Waals surface area contributed by atoms with Gasteiger partial charge >= 0.3 is 0 Å². The molecule has 0 spiro atoms. The van der Waals surface area contributed by atoms with Gasteiger partial charge in [-0.2, -0.15) is 0 Å². The fourth-order valence-electron chi connectivity index (χ4n) is 1.16. The van der Waals surface area contributed by atoms with E-state index in [-0.39, 0.29) is 18.8 Å². The summed E-state index contributed by atoms with van der Waals surface area (Å²) in [6.07, 6.45) is 0.284. The van der Waals surface area contributed by atoms with Crippen LogP contribution in [0.25, 0.3) is 0 Å². The van der Waals surface area contributed by atoms with Crippen LogP contribution in [0.5, 0.6) is 0 Å². The van der Waals surface area contributed by atoms with Crippen LogP contribution >= 0.6 is 11.6 Å². The molecular weight excluding hydrogens is 205 g/mol. The van der Waals surface area contributed by atoms with Gasteiger partial charge in [-0.05, 0) is 31.0 Å². The van der Waals surface area contributed by atoms with Crippen LogP contribution in [0.2, 0.25) is 5.02 Å². The second-order valence-electron chi connectivity index (χ2n) is 3.72. The maximum atomic E-state index is 13.3. The van der Waals surface area contributed by atoms with Gasteiger partial charge in [0.25, 0.3) is 0 Å². The maximum absolute atomic E-state index is 13.3. The molecule has 1 rings (SSSR count). The third-order valence-corrected chi connectivity index (χ3v) is 2.21. The lowest BCUT2D eigenvalue weighted by Gasteiger charge is -2.21. The van der Waals surface area contributed by atoms with Crippen LogP contribution in [-0.2, 0) is 6.42 Å². The number of nitrogens with two attached hydrogens (primary N) is 1. The highest BCUT2D eigenvalue weighted by Gasteiger charge is 2.19. The Morgan fingerprint density at radius 2 is 2.21 bits per heavy atom. The highest BCUT2D eigenvalue weighted by molar-refractivity contribution is 6.30. The van der Waals surface area contributed by atoms with Crippen LogP contribution in [-0.4, -0.2) is 17.3 Å². The lowest BCUT2D eigenvalue weighted by Crippen LogP contribution is -2.42. The van der Waals surface area contributed by atoms with Crippen LogP contribution in [0.3, 0.4) is 0 Å². The minimum Gasteiger partial charge on any atom is -0.394 e. The Hall–Kier alpha value is -0.640. The average Bonchev–Trinajstić information content (AvgIpc) is 2.10. The molecule has 3 N–H and O–H groups in total. The molecule has 14 heavy (non-hydrogen) atoms. The minimum absolute atomic E-state index is 0.185. The molecule has 4 heteroatoms. The predicted molar refractivity (Wildman–Crippen MR) is 54.8 cm³/mol. The summed E-state index contributed by atoms with van der Waals surface area (Å²) in [5, 5.41) is 9.28. The van der Waals surface area contributed by atoms with Gasteiger partial charge in [0.15, 0.2) is 0 Å². The summed E-state index contributed by atoms with van der Waals surface area (Å²) in [5.41, 5.74) is 5.37. The molecule has 0 radical (unpaired) electrons. The lowest BCUT2D eigenvalue weighted by molar-refractivity contribution is 0.207. The van der Waals surface area contributed by atoms with Crippen molar-refractivity contribution in [2.24, 2.45) is 5.73 Å². The Morgan fingerprint density at radius 1 is 1.57 bits per heavy atom. The molecule has 1 unspecified atom stereocenters. The summed E-state index contributed by atoms with van der Waals surface area (Å²) in [7, 11) is 0. The van der Waals surface area contributed by atoms with Gasteiger partial charge in [-0.15, -0.1) is 0 Å². The second kappa shape index (κ2) is 4.26. The van der Waals surface area contributed by atoms with Gasteiger partial charge in [-0.3, -0.25) is 0 Å². The Balaban J connectivity index is 2.87. The first-order chi connectivity index (χ1) is 6.44. The second-order valence-corrected chi connectivity index (χ2v) is 4.16. The number of aliphatic hydroxyl groups excluding tert-OH is 1. The summed E-state index contributed by atoms with van der Waals surface area (Å²) in [6.45, 7) is 1.48. The lowest BCUT2D eigenvalue weighted by atomic mass is 9.95. The average molecular weight is 218 g/mol. The third-order valence-electron chi connectivity index (χ3n) is 1.97. The zero-order valence-corrected chi connectivity index (χ0v) is 8.68. The summed E-state index contributed by atoms with van der Waals surface area (Å²) in [6, 6.07) is 4.43. The Morgan fingerprint density at radius 3 is 2.71 bits per heavy atom. The molecule has 0 aromatic heterocycles. The van der Waals surface area contributed by atoms with E-state index in [0.29, 0.717) is 10.6 Å². The van der Waals surface area contributed by atoms with E-state index in [1.54, 1.807) is 19.1 Å². The molecular formula is C10H13ClFNO. The molecule has 1 aromatic rings. The van der Waals surface area contributed by atoms with Crippen molar-refractivity contribution in [1.82, 2.24) is 0 Å². The van der Waals surface area contributed by atoms with Crippen molar-refractivity contribution in [3.63, 3.8) is 0 Å². The molecule has 0 bridgehead atoms. The maximum Gasteiger partial charge on any atom is 0.127 e. The SMILES string of the molecule is CC(N)(CO)Cc1ccc(Cl)cc1F. The molecule has 0 fully saturated rings. The van der Waals surface area contributed by atoms with Gasteiger partial charge in [0, 0.05) is 10.6 Å². The van der Waals surface area contributed by atoms with E-state index >= 15 is 0 Å². The minimum atomic E-state index is -0.797. The largest absolute Gasteiger partial charge is 0.394 e. The van der Waals surface area contributed by atoms with E-state index < -0.39 is 5.54 Å². The molecule has 2 nitrogen and oxygen atoms in total. The van der Waals surface area contributed by atoms with Gasteiger partial charge < -0.3 is 10.8 Å². The van der Waals surface area contributed by atoms with Gasteiger partial charge in [0.2, 0.25) is 0 Å². The number of benzene rings is 1. The molecule has 1 aromatic carbocycles. The summed E-state index contributed by atoms with van der Waals surface area (Å²) < 4.78 is 13.3. The molecule has 0 heterocycles. The zero-order valence-electron chi connectivity index (χ0n) is 7.93. The van der Waals surface area contributed by atoms with Gasteiger partial charge in [-0.25, -0.2) is 4.39 Å². The fourth-order valence-corrected chi connectivity index (χ4v) is 1.31. The first-order valence-corrected chi connectivity index (χ1v) is 4.66. The van der Waals surface area contributed by atoms with E-state index in [4.69, 9.17) is 22.4 Å². The topological polar surface area (TPSA) is 46.2 Å². The molecule has 0 saturated carbocycles. The normalized spacial score (nSPS) is 15.2. The highest BCUT2D eigenvalue weighted by atomic mass is 35.5. The Labute approximate surface area is 87.5 Å². The standard InChI is InChI=1S/C10H13ClFNO/c1-10(13,6-14)5-7-2-3-8(11)4-9(7)12/h2-4,14H,5-6,13H2,1H3. The summed E-state index contributed by atoms with van der Waals surface area (Å²) in [5.74, 6) is -0.386. The van der Waals surface area contributed by atoms with Crippen LogP contribution < -0.4 is 5.73 Å². The van der Waals surface area contributed by atoms with E-state index in [1.165, 1.54) is 6.07 Å². The molecule has 1 atom stereocenters. The zero-order chi connectivity index (χ0) is 10.8. The van der Waals surface area contributed by atoms with Crippen LogP contribution in [0.15, 0.2) is 18.2 Å². The van der Waals surface area contributed by atoms with E-state index in [9.17, 15) is 4.39 Å². The van der Waals surface area contributed by atoms with E-state index in [0.717, 1.165) is 0 Å². The van der Waals surface area contributed by atoms with Gasteiger partial charge in [0.1, 0.15) is 5.82 Å². The van der Waals surface area contributed by atoms with Crippen molar-refractivity contribution < 1.29 is 9.50 Å². The Bertz CT molecular complexity index is 328. The van der Waals surface area contributed by atoms with Crippen molar-refractivity contribution in [3.8, 4) is 0 Å². The molecule has 0 amide bonds. The summed E-state index contributed by atoms with van der Waals surface area (Å²) >= 11 is 5.60. The fraction of sp³-hybridized carbons (Fsp3) is 0.400. The highest BCUT2D eigenvalue weighted by Crippen LogP contribution is 2.18. The van der Waals surface area contributed by atoms with E-state index in [2.05, 4.69) is 0 Å². The van der Waals surface area contributed by atoms with Crippen LogP contribution in [0.1, 0.15) is 12.5 Å². The van der Waals surface area contributed by atoms with Crippen molar-refractivity contribution in [2.75, 3.05) is 6.61 Å². The summed E-state index contributed by atoms with van der Waals surface area (Å²) in [4.78, 5) is 0. The first kappa shape index (κ1) is 11.4. The van der Waals surface area contributed by atoms with Crippen molar-refractivity contribution >= 4 is 11.6 Å². The smallest absolute Gasteiger partial charge is 0.127 e. The number of rotatable bonds is 3. The first-order valence-electron chi connectivity index (χ1n) is 4.28. The van der Waals surface area contributed by atoms with Crippen LogP contribution in [0.4, 0.5) is 4.39 Å². The molecule has 0 aliphatic rings.